The molecule has 0 saturated heterocycles. The van der Waals surface area contributed by atoms with Crippen LogP contribution in [0.1, 0.15) is 112 Å². The van der Waals surface area contributed by atoms with Gasteiger partial charge >= 0.3 is 23.9 Å². The second-order valence-corrected chi connectivity index (χ2v) is 12.2. The van der Waals surface area contributed by atoms with Gasteiger partial charge in [-0.15, -0.1) is 0 Å². The number of carbonyl (C=O) groups excluding carboxylic acids is 4. The minimum atomic E-state index is -0.707. The van der Waals surface area contributed by atoms with Gasteiger partial charge < -0.3 is 18.9 Å². The largest absolute Gasteiger partial charge is 0.466 e. The molecule has 2 saturated carbocycles. The summed E-state index contributed by atoms with van der Waals surface area (Å²) in [6, 6.07) is -1.41. The summed E-state index contributed by atoms with van der Waals surface area (Å²) in [6.07, 6.45) is 9.08. The summed E-state index contributed by atoms with van der Waals surface area (Å²) >= 11 is 0. The number of nitrogens with one attached hydrogen (secondary N) is 2. The minimum absolute atomic E-state index is 0.0304. The van der Waals surface area contributed by atoms with E-state index in [0.29, 0.717) is 11.8 Å². The molecule has 0 bridgehead atoms. The Balaban J connectivity index is 1.87. The molecular weight excluding hydrogens is 528 g/mol. The Morgan fingerprint density at radius 2 is 0.927 bits per heavy atom. The molecule has 2 aliphatic rings. The molecular formula is C31H54N2O8. The van der Waals surface area contributed by atoms with Gasteiger partial charge in [0.1, 0.15) is 12.1 Å². The fourth-order valence-corrected chi connectivity index (χ4v) is 6.35. The highest BCUT2D eigenvalue weighted by Crippen LogP contribution is 2.41. The number of ether oxygens (including phenoxy) is 4. The van der Waals surface area contributed by atoms with Gasteiger partial charge in [0.25, 0.3) is 0 Å². The molecule has 0 radical (unpaired) electrons. The van der Waals surface area contributed by atoms with Crippen molar-refractivity contribution in [1.29, 1.82) is 0 Å². The fraction of sp³-hybridized carbons (Fsp3) is 0.871. The third-order valence-corrected chi connectivity index (χ3v) is 8.62. The molecule has 10 nitrogen and oxygen atoms in total. The first kappa shape index (κ1) is 35.0. The first-order chi connectivity index (χ1) is 19.5. The second kappa shape index (κ2) is 17.0. The van der Waals surface area contributed by atoms with Crippen LogP contribution >= 0.6 is 0 Å². The summed E-state index contributed by atoms with van der Waals surface area (Å²) in [6.45, 7) is 12.4. The predicted octanol–water partition coefficient (Wildman–Crippen LogP) is 4.22. The van der Waals surface area contributed by atoms with Crippen molar-refractivity contribution >= 4 is 23.9 Å². The fourth-order valence-electron chi connectivity index (χ4n) is 6.35. The van der Waals surface area contributed by atoms with E-state index in [1.807, 2.05) is 0 Å². The maximum Gasteiger partial charge on any atom is 0.323 e. The van der Waals surface area contributed by atoms with E-state index < -0.39 is 36.0 Å². The highest BCUT2D eigenvalue weighted by Gasteiger charge is 2.39. The molecule has 0 unspecified atom stereocenters. The first-order valence-electron chi connectivity index (χ1n) is 15.7. The normalized spacial score (nSPS) is 27.8. The average Bonchev–Trinajstić information content (AvgIpc) is 2.91. The van der Waals surface area contributed by atoms with Crippen molar-refractivity contribution in [2.45, 2.75) is 135 Å². The molecule has 10 heteroatoms. The molecule has 0 spiro atoms. The Labute approximate surface area is 246 Å². The van der Waals surface area contributed by atoms with Gasteiger partial charge in [-0.3, -0.25) is 29.8 Å². The third-order valence-electron chi connectivity index (χ3n) is 8.62. The summed E-state index contributed by atoms with van der Waals surface area (Å²) in [4.78, 5) is 49.3. The molecule has 0 aromatic carbocycles. The molecule has 2 fully saturated rings. The van der Waals surface area contributed by atoms with Crippen molar-refractivity contribution in [1.82, 2.24) is 10.6 Å². The quantitative estimate of drug-likeness (QED) is 0.202. The lowest BCUT2D eigenvalue weighted by atomic mass is 9.70. The van der Waals surface area contributed by atoms with Crippen molar-refractivity contribution in [3.63, 3.8) is 0 Å². The zero-order valence-electron chi connectivity index (χ0n) is 26.2. The van der Waals surface area contributed by atoms with Crippen LogP contribution in [0.3, 0.4) is 0 Å². The zero-order valence-corrected chi connectivity index (χ0v) is 26.2. The molecule has 236 valence electrons. The van der Waals surface area contributed by atoms with Gasteiger partial charge in [0.2, 0.25) is 0 Å². The summed E-state index contributed by atoms with van der Waals surface area (Å²) < 4.78 is 20.6. The maximum absolute atomic E-state index is 12.6. The first-order valence-corrected chi connectivity index (χ1v) is 15.7. The highest BCUT2D eigenvalue weighted by molar-refractivity contribution is 5.83. The van der Waals surface area contributed by atoms with Crippen molar-refractivity contribution in [2.24, 2.45) is 11.8 Å². The van der Waals surface area contributed by atoms with Gasteiger partial charge in [-0.05, 0) is 111 Å². The number of hydrogen-bond acceptors (Lipinski definition) is 10. The van der Waals surface area contributed by atoms with Crippen molar-refractivity contribution in [2.75, 3.05) is 26.4 Å². The van der Waals surface area contributed by atoms with Gasteiger partial charge in [0.05, 0.1) is 39.3 Å². The van der Waals surface area contributed by atoms with Gasteiger partial charge in [0.15, 0.2) is 0 Å². The van der Waals surface area contributed by atoms with Crippen LogP contribution in [-0.4, -0.2) is 73.5 Å². The van der Waals surface area contributed by atoms with Crippen LogP contribution in [0.25, 0.3) is 0 Å². The van der Waals surface area contributed by atoms with E-state index in [-0.39, 0.29) is 50.3 Å². The summed E-state index contributed by atoms with van der Waals surface area (Å²) in [7, 11) is 0. The smallest absolute Gasteiger partial charge is 0.323 e. The summed E-state index contributed by atoms with van der Waals surface area (Å²) in [5, 5.41) is 6.89. The third kappa shape index (κ3) is 11.9. The minimum Gasteiger partial charge on any atom is -0.466 e. The molecule has 2 atom stereocenters. The van der Waals surface area contributed by atoms with E-state index in [1.165, 1.54) is 6.42 Å². The lowest BCUT2D eigenvalue weighted by molar-refractivity contribution is -0.153. The van der Waals surface area contributed by atoms with Gasteiger partial charge in [0, 0.05) is 11.1 Å². The van der Waals surface area contributed by atoms with Crippen LogP contribution in [0.15, 0.2) is 0 Å². The molecule has 0 aromatic heterocycles. The van der Waals surface area contributed by atoms with Crippen LogP contribution in [0.2, 0.25) is 0 Å². The lowest BCUT2D eigenvalue weighted by Crippen LogP contribution is -2.54. The number of hydrogen-bond donors (Lipinski definition) is 2. The van der Waals surface area contributed by atoms with Crippen molar-refractivity contribution in [3.05, 3.63) is 0 Å². The van der Waals surface area contributed by atoms with Gasteiger partial charge in [-0.1, -0.05) is 0 Å². The topological polar surface area (TPSA) is 129 Å². The molecule has 0 aliphatic heterocycles. The maximum atomic E-state index is 12.6. The number of rotatable bonds is 16. The Hall–Kier alpha value is -2.20. The van der Waals surface area contributed by atoms with Crippen LogP contribution in [0.5, 0.6) is 0 Å². The molecule has 41 heavy (non-hydrogen) atoms. The Kier molecular flexibility index (Phi) is 14.6. The van der Waals surface area contributed by atoms with Crippen molar-refractivity contribution < 1.29 is 38.1 Å². The molecule has 0 aromatic rings. The Morgan fingerprint density at radius 1 is 0.610 bits per heavy atom. The standard InChI is InChI=1S/C31H54N2O8/c1-7-38-26(34)20-24(28(36)40-9-3)32-30(5)15-11-22(12-16-30)19-23-13-17-31(6,18-14-23)33-25(29(37)41-10-4)21-27(35)39-8-2/h22-25,32-33H,7-21H2,1-6H3/t22?,23?,24-,25-,30?,31?/m0/s1. The van der Waals surface area contributed by atoms with E-state index >= 15 is 0 Å². The molecule has 2 aliphatic carbocycles. The van der Waals surface area contributed by atoms with Crippen LogP contribution in [0.4, 0.5) is 0 Å². The average molecular weight is 583 g/mol. The Morgan fingerprint density at radius 3 is 1.22 bits per heavy atom. The van der Waals surface area contributed by atoms with E-state index in [1.54, 1.807) is 27.7 Å². The molecule has 0 amide bonds. The molecule has 2 N–H and O–H groups in total. The van der Waals surface area contributed by atoms with E-state index in [2.05, 4.69) is 24.5 Å². The van der Waals surface area contributed by atoms with E-state index in [9.17, 15) is 19.2 Å². The molecule has 0 heterocycles. The summed E-state index contributed by atoms with van der Waals surface area (Å²) in [5.74, 6) is -0.374. The second-order valence-electron chi connectivity index (χ2n) is 12.2. The number of carbonyl (C=O) groups is 4. The van der Waals surface area contributed by atoms with Gasteiger partial charge in [-0.25, -0.2) is 0 Å². The number of esters is 4. The van der Waals surface area contributed by atoms with Gasteiger partial charge in [-0.2, -0.15) is 0 Å². The van der Waals surface area contributed by atoms with Crippen LogP contribution in [-0.2, 0) is 38.1 Å². The Bertz CT molecular complexity index is 779. The molecule has 2 rings (SSSR count). The lowest BCUT2D eigenvalue weighted by Gasteiger charge is -2.43. The highest BCUT2D eigenvalue weighted by atomic mass is 16.5. The zero-order chi connectivity index (χ0) is 30.5. The van der Waals surface area contributed by atoms with Crippen LogP contribution < -0.4 is 10.6 Å². The van der Waals surface area contributed by atoms with E-state index in [4.69, 9.17) is 18.9 Å². The predicted molar refractivity (Wildman–Crippen MR) is 155 cm³/mol. The van der Waals surface area contributed by atoms with Crippen LogP contribution in [0, 0.1) is 11.8 Å². The van der Waals surface area contributed by atoms with Crippen molar-refractivity contribution in [3.8, 4) is 0 Å². The summed E-state index contributed by atoms with van der Waals surface area (Å²) in [5.41, 5.74) is -0.479. The van der Waals surface area contributed by atoms with E-state index in [0.717, 1.165) is 51.4 Å². The SMILES string of the molecule is CCOC(=O)C[C@H](NC1(C)CCC(CC2CCC(C)(N[C@@H](CC(=O)OCC)C(=O)OCC)CC2)CC1)C(=O)OCC. The monoisotopic (exact) mass is 582 g/mol.